The third-order valence-corrected chi connectivity index (χ3v) is 9.17. The van der Waals surface area contributed by atoms with Crippen LogP contribution in [0, 0.1) is 0 Å². The van der Waals surface area contributed by atoms with Gasteiger partial charge in [0.25, 0.3) is 0 Å². The highest BCUT2D eigenvalue weighted by Crippen LogP contribution is 2.13. The Morgan fingerprint density at radius 3 is 0.438 bits per heavy atom. The molecule has 0 bridgehead atoms. The molecule has 0 aliphatic carbocycles. The Hall–Kier alpha value is 0.580. The van der Waals surface area contributed by atoms with E-state index in [0.717, 1.165) is 19.6 Å². The van der Waals surface area contributed by atoms with Gasteiger partial charge in [0.2, 0.25) is 0 Å². The fourth-order valence-electron chi connectivity index (χ4n) is 5.96. The van der Waals surface area contributed by atoms with Crippen LogP contribution >= 0.6 is 29.4 Å². The van der Waals surface area contributed by atoms with Crippen LogP contribution in [0.5, 0.6) is 0 Å². The molecule has 0 aliphatic heterocycles. The molecule has 0 atom stereocenters. The first kappa shape index (κ1) is 60.7. The second-order valence-corrected chi connectivity index (χ2v) is 14.0. The lowest BCUT2D eigenvalue weighted by Gasteiger charge is -2.01. The molecule has 0 aromatic heterocycles. The van der Waals surface area contributed by atoms with Gasteiger partial charge in [0.05, 0.1) is 0 Å². The van der Waals surface area contributed by atoms with Gasteiger partial charge in [-0.2, -0.15) is 0 Å². The molecule has 6 N–H and O–H groups in total. The summed E-state index contributed by atoms with van der Waals surface area (Å²) >= 11 is 0. The number of nitrogens with two attached hydrogens (primary N) is 3. The summed E-state index contributed by atoms with van der Waals surface area (Å²) in [6.07, 6.45) is 50.7. The van der Waals surface area contributed by atoms with Crippen molar-refractivity contribution in [3.8, 4) is 0 Å². The highest BCUT2D eigenvalue weighted by atomic mass is 79.9. The van der Waals surface area contributed by atoms with Gasteiger partial charge in [-0.15, -0.1) is 29.4 Å². The first-order valence-corrected chi connectivity index (χ1v) is 21.3. The average Bonchev–Trinajstić information content (AvgIpc) is 3.06. The molecule has 300 valence electrons. The Kier molecular flexibility index (Phi) is 83.3. The van der Waals surface area contributed by atoms with Crippen molar-refractivity contribution in [3.63, 3.8) is 0 Å². The van der Waals surface area contributed by atoms with Gasteiger partial charge in [-0.25, -0.2) is 0 Å². The molecule has 0 saturated heterocycles. The smallest absolute Gasteiger partial charge is 0.00773 e. The van der Waals surface area contributed by atoms with Crippen molar-refractivity contribution in [2.24, 2.45) is 17.2 Å². The minimum Gasteiger partial charge on any atom is -0.330 e. The molecule has 0 unspecified atom stereocenters. The normalized spacial score (nSPS) is 10.1. The average molecular weight is 778 g/mol. The van der Waals surface area contributed by atoms with Crippen molar-refractivity contribution in [1.29, 1.82) is 0 Å². The van der Waals surface area contributed by atoms with E-state index in [1.165, 1.54) is 231 Å². The summed E-state index contributed by atoms with van der Waals surface area (Å²) < 4.78 is 0. The Balaban J connectivity index is -0.000000134. The second-order valence-electron chi connectivity index (χ2n) is 14.0. The summed E-state index contributed by atoms with van der Waals surface area (Å²) in [5.74, 6) is 0. The van der Waals surface area contributed by atoms with E-state index in [1.807, 2.05) is 0 Å². The number of hydrogen-bond acceptors (Lipinski definition) is 3. The molecule has 0 aromatic rings. The quantitative estimate of drug-likeness (QED) is 0.0555. The van der Waals surface area contributed by atoms with Gasteiger partial charge in [0, 0.05) is 0 Å². The summed E-state index contributed by atoms with van der Waals surface area (Å²) in [5.41, 5.74) is 16.3. The zero-order chi connectivity index (χ0) is 33.6. The second kappa shape index (κ2) is 65.9. The van der Waals surface area contributed by atoms with E-state index in [0.29, 0.717) is 0 Å². The molecule has 0 heterocycles. The summed E-state index contributed by atoms with van der Waals surface area (Å²) in [6, 6.07) is 0. The van der Waals surface area contributed by atoms with Crippen LogP contribution < -0.4 is 17.2 Å². The van der Waals surface area contributed by atoms with E-state index >= 15 is 0 Å². The molecule has 0 saturated carbocycles. The molecule has 0 rings (SSSR count). The molecule has 6 heteroatoms. The van der Waals surface area contributed by atoms with Crippen LogP contribution in [0.4, 0.5) is 4.70 Å². The maximum atomic E-state index is 5.45. The van der Waals surface area contributed by atoms with Crippen LogP contribution in [0.3, 0.4) is 0 Å². The van der Waals surface area contributed by atoms with E-state index < -0.39 is 0 Å². The van der Waals surface area contributed by atoms with Crippen LogP contribution in [-0.4, -0.2) is 19.6 Å². The zero-order valence-corrected chi connectivity index (χ0v) is 36.1. The van der Waals surface area contributed by atoms with Crippen LogP contribution in [0.25, 0.3) is 0 Å². The Labute approximate surface area is 321 Å². The summed E-state index contributed by atoms with van der Waals surface area (Å²) in [5, 5.41) is 0. The minimum absolute atomic E-state index is 0. The molecule has 0 aliphatic rings. The number of rotatable bonds is 36. The molecule has 48 heavy (non-hydrogen) atoms. The van der Waals surface area contributed by atoms with Crippen molar-refractivity contribution in [2.45, 2.75) is 252 Å². The van der Waals surface area contributed by atoms with E-state index in [2.05, 4.69) is 20.8 Å². The zero-order valence-electron chi connectivity index (χ0n) is 33.5. The first-order chi connectivity index (χ1) is 22.2. The highest BCUT2D eigenvalue weighted by molar-refractivity contribution is 8.93. The van der Waals surface area contributed by atoms with E-state index in [1.54, 1.807) is 0 Å². The lowest BCUT2D eigenvalue weighted by atomic mass is 10.1. The lowest BCUT2D eigenvalue weighted by molar-refractivity contribution is 0.545. The van der Waals surface area contributed by atoms with Gasteiger partial charge in [-0.1, -0.05) is 233 Å². The van der Waals surface area contributed by atoms with Crippen LogP contribution in [0.1, 0.15) is 252 Å². The molecule has 3 nitrogen and oxygen atoms in total. The number of unbranched alkanes of at least 4 members (excludes halogenated alkanes) is 33. The number of hydrogen-bond donors (Lipinski definition) is 3. The van der Waals surface area contributed by atoms with Gasteiger partial charge in [-0.3, -0.25) is 4.70 Å². The molecular formula is C42H96BrClFN3. The van der Waals surface area contributed by atoms with Crippen LogP contribution in [0.15, 0.2) is 0 Å². The highest BCUT2D eigenvalue weighted by Gasteiger charge is 1.94. The topological polar surface area (TPSA) is 78.1 Å². The molecule has 0 fully saturated rings. The molecular weight excluding hydrogens is 681 g/mol. The number of halogens is 3. The molecule has 0 amide bonds. The third-order valence-electron chi connectivity index (χ3n) is 9.17. The standard InChI is InChI=1S/3C14H31N.BrH.ClH.FH/c3*1-2-3-4-5-6-7-8-9-10-11-12-13-14-15;;;/h3*2-15H2,1H3;3*1H. The Morgan fingerprint density at radius 1 is 0.229 bits per heavy atom. The SMILES string of the molecule is Br.CCCCCCCCCCCCCCN.CCCCCCCCCCCCCCN.CCCCCCCCCCCCCCN.Cl.F. The van der Waals surface area contributed by atoms with Crippen molar-refractivity contribution < 1.29 is 4.70 Å². The van der Waals surface area contributed by atoms with E-state index in [9.17, 15) is 0 Å². The predicted molar refractivity (Wildman–Crippen MR) is 230 cm³/mol. The van der Waals surface area contributed by atoms with Crippen LogP contribution in [0.2, 0.25) is 0 Å². The minimum atomic E-state index is 0. The molecule has 0 radical (unpaired) electrons. The summed E-state index contributed by atoms with van der Waals surface area (Å²) in [6.45, 7) is 9.45. The van der Waals surface area contributed by atoms with Crippen molar-refractivity contribution in [1.82, 2.24) is 0 Å². The van der Waals surface area contributed by atoms with Gasteiger partial charge in [-0.05, 0) is 38.9 Å². The van der Waals surface area contributed by atoms with E-state index in [-0.39, 0.29) is 34.1 Å². The summed E-state index contributed by atoms with van der Waals surface area (Å²) in [7, 11) is 0. The predicted octanol–water partition coefficient (Wildman–Crippen LogP) is 15.1. The van der Waals surface area contributed by atoms with Gasteiger partial charge in [0.15, 0.2) is 0 Å². The van der Waals surface area contributed by atoms with E-state index in [4.69, 9.17) is 17.2 Å². The Bertz CT molecular complexity index is 351. The van der Waals surface area contributed by atoms with Crippen molar-refractivity contribution in [2.75, 3.05) is 19.6 Å². The fourth-order valence-corrected chi connectivity index (χ4v) is 5.96. The maximum Gasteiger partial charge on any atom is -0.00773 e. The monoisotopic (exact) mass is 776 g/mol. The van der Waals surface area contributed by atoms with Gasteiger partial charge < -0.3 is 17.2 Å². The van der Waals surface area contributed by atoms with Crippen molar-refractivity contribution in [3.05, 3.63) is 0 Å². The fraction of sp³-hybridized carbons (Fsp3) is 1.00. The first-order valence-electron chi connectivity index (χ1n) is 21.3. The van der Waals surface area contributed by atoms with Gasteiger partial charge in [0.1, 0.15) is 0 Å². The van der Waals surface area contributed by atoms with Crippen LogP contribution in [-0.2, 0) is 0 Å². The summed E-state index contributed by atoms with van der Waals surface area (Å²) in [4.78, 5) is 0. The largest absolute Gasteiger partial charge is 0.330 e. The van der Waals surface area contributed by atoms with Gasteiger partial charge >= 0.3 is 0 Å². The maximum absolute atomic E-state index is 5.45. The molecule has 0 aromatic carbocycles. The lowest BCUT2D eigenvalue weighted by Crippen LogP contribution is -1.97. The van der Waals surface area contributed by atoms with Crippen molar-refractivity contribution >= 4 is 29.4 Å². The molecule has 0 spiro atoms. The third kappa shape index (κ3) is 72.3. The Morgan fingerprint density at radius 2 is 0.333 bits per heavy atom.